The first kappa shape index (κ1) is 14.6. The number of benzene rings is 1. The first-order valence-electron chi connectivity index (χ1n) is 6.95. The van der Waals surface area contributed by atoms with Gasteiger partial charge in [0.2, 0.25) is 0 Å². The number of carbonyl (C=O) groups excluding carboxylic acids is 1. The quantitative estimate of drug-likeness (QED) is 0.578. The van der Waals surface area contributed by atoms with E-state index in [0.717, 1.165) is 27.3 Å². The monoisotopic (exact) mass is 313 g/mol. The number of hydrogen-bond donors (Lipinski definition) is 1. The van der Waals surface area contributed by atoms with Crippen LogP contribution in [0.15, 0.2) is 47.6 Å². The molecule has 0 bridgehead atoms. The van der Waals surface area contributed by atoms with E-state index in [0.29, 0.717) is 6.61 Å². The lowest BCUT2D eigenvalue weighted by molar-refractivity contribution is -0.139. The summed E-state index contributed by atoms with van der Waals surface area (Å²) >= 11 is 1.45. The van der Waals surface area contributed by atoms with Crippen LogP contribution in [0.1, 0.15) is 6.92 Å². The number of rotatable bonds is 5. The molecule has 3 aromatic rings. The molecule has 2 heterocycles. The number of H-pyrrole nitrogens is 1. The number of aromatic nitrogens is 3. The number of carbonyl (C=O) groups is 1. The first-order chi connectivity index (χ1) is 10.8. The molecule has 0 atom stereocenters. The van der Waals surface area contributed by atoms with E-state index in [1.54, 1.807) is 19.3 Å². The Bertz CT molecular complexity index is 768. The van der Waals surface area contributed by atoms with E-state index in [1.165, 1.54) is 11.8 Å². The van der Waals surface area contributed by atoms with Crippen LogP contribution in [0.3, 0.4) is 0 Å². The van der Waals surface area contributed by atoms with Crippen molar-refractivity contribution >= 4 is 28.8 Å². The highest BCUT2D eigenvalue weighted by atomic mass is 32.2. The second kappa shape index (κ2) is 6.62. The Kier molecular flexibility index (Phi) is 4.39. The topological polar surface area (TPSA) is 67.9 Å². The predicted octanol–water partition coefficient (Wildman–Crippen LogP) is 3.28. The standard InChI is InChI=1S/C16H15N3O2S/c1-2-21-15(20)10-22-14-6-4-3-5-11(14)16-18-12-7-8-17-9-13(12)19-16/h3-9H,2,10H2,1H3,(H,18,19). The zero-order chi connectivity index (χ0) is 15.4. The molecule has 0 spiro atoms. The van der Waals surface area contributed by atoms with Crippen molar-refractivity contribution in [3.8, 4) is 11.4 Å². The van der Waals surface area contributed by atoms with E-state index in [-0.39, 0.29) is 11.7 Å². The van der Waals surface area contributed by atoms with Crippen molar-refractivity contribution < 1.29 is 9.53 Å². The third-order valence-corrected chi connectivity index (χ3v) is 4.13. The molecule has 1 aromatic carbocycles. The van der Waals surface area contributed by atoms with Crippen molar-refractivity contribution in [3.05, 3.63) is 42.7 Å². The SMILES string of the molecule is CCOC(=O)CSc1ccccc1-c1nc2cnccc2[nH]1. The lowest BCUT2D eigenvalue weighted by atomic mass is 10.2. The van der Waals surface area contributed by atoms with Gasteiger partial charge in [-0.2, -0.15) is 0 Å². The Labute approximate surface area is 132 Å². The summed E-state index contributed by atoms with van der Waals surface area (Å²) in [6, 6.07) is 9.75. The summed E-state index contributed by atoms with van der Waals surface area (Å²) in [5.74, 6) is 0.846. The van der Waals surface area contributed by atoms with Crippen LogP contribution in [-0.4, -0.2) is 33.3 Å². The molecule has 2 aromatic heterocycles. The van der Waals surface area contributed by atoms with Gasteiger partial charge in [-0.1, -0.05) is 18.2 Å². The van der Waals surface area contributed by atoms with E-state index >= 15 is 0 Å². The minimum atomic E-state index is -0.212. The Hall–Kier alpha value is -2.34. The highest BCUT2D eigenvalue weighted by molar-refractivity contribution is 8.00. The van der Waals surface area contributed by atoms with Crippen LogP contribution in [0.4, 0.5) is 0 Å². The summed E-state index contributed by atoms with van der Waals surface area (Å²) in [6.45, 7) is 2.20. The predicted molar refractivity (Wildman–Crippen MR) is 86.7 cm³/mol. The molecule has 22 heavy (non-hydrogen) atoms. The van der Waals surface area contributed by atoms with Crippen molar-refractivity contribution in [1.82, 2.24) is 15.0 Å². The van der Waals surface area contributed by atoms with Gasteiger partial charge in [0.25, 0.3) is 0 Å². The Morgan fingerprint density at radius 1 is 1.32 bits per heavy atom. The number of aromatic amines is 1. The summed E-state index contributed by atoms with van der Waals surface area (Å²) in [7, 11) is 0. The van der Waals surface area contributed by atoms with Crippen molar-refractivity contribution in [3.63, 3.8) is 0 Å². The summed E-state index contributed by atoms with van der Waals surface area (Å²) in [5, 5.41) is 0. The lowest BCUT2D eigenvalue weighted by Crippen LogP contribution is -2.06. The van der Waals surface area contributed by atoms with Crippen molar-refractivity contribution in [2.45, 2.75) is 11.8 Å². The van der Waals surface area contributed by atoms with Crippen LogP contribution in [0, 0.1) is 0 Å². The number of hydrogen-bond acceptors (Lipinski definition) is 5. The van der Waals surface area contributed by atoms with Gasteiger partial charge in [0.05, 0.1) is 24.1 Å². The lowest BCUT2D eigenvalue weighted by Gasteiger charge is -2.06. The minimum absolute atomic E-state index is 0.212. The van der Waals surface area contributed by atoms with E-state index in [4.69, 9.17) is 4.74 Å². The van der Waals surface area contributed by atoms with Crippen LogP contribution in [-0.2, 0) is 9.53 Å². The number of esters is 1. The molecule has 0 amide bonds. The second-order valence-corrected chi connectivity index (χ2v) is 5.59. The third kappa shape index (κ3) is 3.12. The van der Waals surface area contributed by atoms with Gasteiger partial charge in [-0.15, -0.1) is 11.8 Å². The fourth-order valence-corrected chi connectivity index (χ4v) is 2.96. The summed E-state index contributed by atoms with van der Waals surface area (Å²) in [4.78, 5) is 24.4. The first-order valence-corrected chi connectivity index (χ1v) is 7.94. The molecular weight excluding hydrogens is 298 g/mol. The molecule has 5 nitrogen and oxygen atoms in total. The van der Waals surface area contributed by atoms with Gasteiger partial charge >= 0.3 is 5.97 Å². The zero-order valence-electron chi connectivity index (χ0n) is 12.1. The molecule has 112 valence electrons. The molecule has 0 aliphatic rings. The van der Waals surface area contributed by atoms with Crippen LogP contribution in [0.25, 0.3) is 22.4 Å². The zero-order valence-corrected chi connectivity index (χ0v) is 12.9. The van der Waals surface area contributed by atoms with Crippen molar-refractivity contribution in [2.75, 3.05) is 12.4 Å². The molecule has 0 saturated carbocycles. The van der Waals surface area contributed by atoms with Crippen molar-refractivity contribution in [1.29, 1.82) is 0 Å². The molecule has 0 unspecified atom stereocenters. The third-order valence-electron chi connectivity index (χ3n) is 3.08. The number of fused-ring (bicyclic) bond motifs is 1. The highest BCUT2D eigenvalue weighted by Gasteiger charge is 2.11. The van der Waals surface area contributed by atoms with Gasteiger partial charge in [-0.3, -0.25) is 9.78 Å². The fraction of sp³-hybridized carbons (Fsp3) is 0.188. The number of pyridine rings is 1. The highest BCUT2D eigenvalue weighted by Crippen LogP contribution is 2.30. The van der Waals surface area contributed by atoms with Gasteiger partial charge in [0.15, 0.2) is 0 Å². The number of nitrogens with zero attached hydrogens (tertiary/aromatic N) is 2. The minimum Gasteiger partial charge on any atom is -0.465 e. The van der Waals surface area contributed by atoms with E-state index in [1.807, 2.05) is 30.3 Å². The molecule has 0 radical (unpaired) electrons. The summed E-state index contributed by atoms with van der Waals surface area (Å²) in [6.07, 6.45) is 3.45. The Balaban J connectivity index is 1.88. The van der Waals surface area contributed by atoms with Crippen LogP contribution in [0.2, 0.25) is 0 Å². The number of ether oxygens (including phenoxy) is 1. The molecule has 0 aliphatic heterocycles. The smallest absolute Gasteiger partial charge is 0.316 e. The van der Waals surface area contributed by atoms with Crippen molar-refractivity contribution in [2.24, 2.45) is 0 Å². The molecule has 0 fully saturated rings. The Morgan fingerprint density at radius 3 is 3.00 bits per heavy atom. The van der Waals surface area contributed by atoms with Crippen LogP contribution < -0.4 is 0 Å². The molecule has 1 N–H and O–H groups in total. The molecule has 6 heteroatoms. The number of imidazole rings is 1. The largest absolute Gasteiger partial charge is 0.465 e. The molecule has 0 saturated heterocycles. The van der Waals surface area contributed by atoms with Crippen LogP contribution >= 0.6 is 11.8 Å². The van der Waals surface area contributed by atoms with Crippen LogP contribution in [0.5, 0.6) is 0 Å². The summed E-state index contributed by atoms with van der Waals surface area (Å²) in [5.41, 5.74) is 2.73. The molecule has 0 aliphatic carbocycles. The Morgan fingerprint density at radius 2 is 2.18 bits per heavy atom. The maximum atomic E-state index is 11.5. The average molecular weight is 313 g/mol. The summed E-state index contributed by atoms with van der Waals surface area (Å²) < 4.78 is 4.97. The second-order valence-electron chi connectivity index (χ2n) is 4.57. The van der Waals surface area contributed by atoms with Gasteiger partial charge in [0.1, 0.15) is 11.3 Å². The van der Waals surface area contributed by atoms with Gasteiger partial charge < -0.3 is 9.72 Å². The maximum absolute atomic E-state index is 11.5. The number of nitrogens with one attached hydrogen (secondary N) is 1. The van der Waals surface area contributed by atoms with Gasteiger partial charge in [-0.05, 0) is 19.1 Å². The maximum Gasteiger partial charge on any atom is 0.316 e. The number of thioether (sulfide) groups is 1. The van der Waals surface area contributed by atoms with E-state index in [2.05, 4.69) is 15.0 Å². The van der Waals surface area contributed by atoms with E-state index < -0.39 is 0 Å². The van der Waals surface area contributed by atoms with E-state index in [9.17, 15) is 4.79 Å². The average Bonchev–Trinajstić information content (AvgIpc) is 2.97. The van der Waals surface area contributed by atoms with Gasteiger partial charge in [0, 0.05) is 16.7 Å². The fourth-order valence-electron chi connectivity index (χ4n) is 2.11. The molecular formula is C16H15N3O2S. The molecule has 3 rings (SSSR count). The van der Waals surface area contributed by atoms with Gasteiger partial charge in [-0.25, -0.2) is 4.98 Å². The normalized spacial score (nSPS) is 10.8.